The summed E-state index contributed by atoms with van der Waals surface area (Å²) in [5, 5.41) is 26.6. The molecular formula is C26H32F2N2O4. The van der Waals surface area contributed by atoms with E-state index in [0.717, 1.165) is 36.5 Å². The summed E-state index contributed by atoms with van der Waals surface area (Å²) in [4.78, 5) is 23.2. The van der Waals surface area contributed by atoms with Gasteiger partial charge in [0.15, 0.2) is 0 Å². The predicted octanol–water partition coefficient (Wildman–Crippen LogP) is 3.52. The molecule has 34 heavy (non-hydrogen) atoms. The highest BCUT2D eigenvalue weighted by Gasteiger charge is 2.32. The topological polar surface area (TPSA) is 98.7 Å². The summed E-state index contributed by atoms with van der Waals surface area (Å²) >= 11 is 0. The number of carboxylic acids is 1. The summed E-state index contributed by atoms with van der Waals surface area (Å²) in [7, 11) is 0. The van der Waals surface area contributed by atoms with Gasteiger partial charge in [0.05, 0.1) is 17.7 Å². The van der Waals surface area contributed by atoms with Gasteiger partial charge >= 0.3 is 5.97 Å². The molecule has 2 aromatic carbocycles. The number of carboxylic acid groups (broad SMARTS) is 1. The second kappa shape index (κ2) is 11.5. The Morgan fingerprint density at radius 2 is 1.88 bits per heavy atom. The van der Waals surface area contributed by atoms with E-state index < -0.39 is 29.7 Å². The van der Waals surface area contributed by atoms with Crippen LogP contribution in [0.25, 0.3) is 0 Å². The van der Waals surface area contributed by atoms with Crippen LogP contribution in [-0.2, 0) is 17.6 Å². The van der Waals surface area contributed by atoms with Crippen molar-refractivity contribution in [1.82, 2.24) is 10.6 Å². The van der Waals surface area contributed by atoms with Crippen molar-refractivity contribution in [3.8, 4) is 0 Å². The van der Waals surface area contributed by atoms with Crippen molar-refractivity contribution >= 4 is 11.9 Å². The van der Waals surface area contributed by atoms with Gasteiger partial charge in [-0.15, -0.1) is 0 Å². The lowest BCUT2D eigenvalue weighted by Crippen LogP contribution is -2.57. The molecule has 0 radical (unpaired) electrons. The zero-order chi connectivity index (χ0) is 24.8. The van der Waals surface area contributed by atoms with E-state index in [1.807, 2.05) is 13.0 Å². The Morgan fingerprint density at radius 3 is 2.53 bits per heavy atom. The van der Waals surface area contributed by atoms with Crippen molar-refractivity contribution in [2.24, 2.45) is 0 Å². The highest BCUT2D eigenvalue weighted by atomic mass is 19.1. The minimum Gasteiger partial charge on any atom is -0.478 e. The fraction of sp³-hybridized carbons (Fsp3) is 0.462. The summed E-state index contributed by atoms with van der Waals surface area (Å²) in [6.45, 7) is 3.16. The number of carbonyl (C=O) groups excluding carboxylic acids is 1. The number of halogens is 2. The Hall–Kier alpha value is -2.84. The zero-order valence-electron chi connectivity index (χ0n) is 19.5. The molecule has 2 aromatic rings. The SMILES string of the molecule is CC(=O)NC(Cc1cc(F)cc(F)c1)C(O)C1CCCC(CCc2cccc(C(=O)O)c2C)N1. The van der Waals surface area contributed by atoms with Gasteiger partial charge in [-0.1, -0.05) is 18.6 Å². The summed E-state index contributed by atoms with van der Waals surface area (Å²) in [5.74, 6) is -2.68. The molecule has 1 amide bonds. The molecule has 1 fully saturated rings. The van der Waals surface area contributed by atoms with E-state index >= 15 is 0 Å². The van der Waals surface area contributed by atoms with Crippen LogP contribution in [0.15, 0.2) is 36.4 Å². The number of aryl methyl sites for hydroxylation is 1. The molecule has 8 heteroatoms. The van der Waals surface area contributed by atoms with Gasteiger partial charge in [0.2, 0.25) is 5.91 Å². The Balaban J connectivity index is 1.66. The van der Waals surface area contributed by atoms with Gasteiger partial charge in [-0.05, 0) is 73.9 Å². The molecule has 0 saturated carbocycles. The maximum Gasteiger partial charge on any atom is 0.335 e. The predicted molar refractivity (Wildman–Crippen MR) is 125 cm³/mol. The number of benzene rings is 2. The van der Waals surface area contributed by atoms with E-state index in [1.165, 1.54) is 19.1 Å². The molecule has 1 aliphatic heterocycles. The van der Waals surface area contributed by atoms with Crippen LogP contribution in [0.5, 0.6) is 0 Å². The van der Waals surface area contributed by atoms with Crippen molar-refractivity contribution in [3.63, 3.8) is 0 Å². The lowest BCUT2D eigenvalue weighted by molar-refractivity contribution is -0.120. The number of carbonyl (C=O) groups is 2. The third kappa shape index (κ3) is 6.84. The van der Waals surface area contributed by atoms with Crippen LogP contribution in [0.3, 0.4) is 0 Å². The molecule has 4 atom stereocenters. The van der Waals surface area contributed by atoms with Crippen molar-refractivity contribution in [1.29, 1.82) is 0 Å². The fourth-order valence-electron chi connectivity index (χ4n) is 4.85. The van der Waals surface area contributed by atoms with Crippen molar-refractivity contribution in [2.45, 2.75) is 76.6 Å². The third-order valence-corrected chi connectivity index (χ3v) is 6.55. The zero-order valence-corrected chi connectivity index (χ0v) is 19.5. The number of hydrogen-bond donors (Lipinski definition) is 4. The minimum absolute atomic E-state index is 0.0967. The Morgan fingerprint density at radius 1 is 1.18 bits per heavy atom. The lowest BCUT2D eigenvalue weighted by Gasteiger charge is -2.37. The second-order valence-electron chi connectivity index (χ2n) is 9.11. The van der Waals surface area contributed by atoms with Gasteiger partial charge in [-0.3, -0.25) is 4.79 Å². The molecule has 6 nitrogen and oxygen atoms in total. The molecule has 4 unspecified atom stereocenters. The first-order valence-electron chi connectivity index (χ1n) is 11.6. The van der Waals surface area contributed by atoms with Crippen molar-refractivity contribution < 1.29 is 28.6 Å². The van der Waals surface area contributed by atoms with E-state index in [4.69, 9.17) is 0 Å². The van der Waals surface area contributed by atoms with Crippen LogP contribution >= 0.6 is 0 Å². The number of rotatable bonds is 9. The van der Waals surface area contributed by atoms with E-state index in [1.54, 1.807) is 12.1 Å². The van der Waals surface area contributed by atoms with E-state index in [2.05, 4.69) is 10.6 Å². The maximum absolute atomic E-state index is 13.6. The molecule has 0 aliphatic carbocycles. The van der Waals surface area contributed by atoms with Crippen LogP contribution in [0.4, 0.5) is 8.78 Å². The summed E-state index contributed by atoms with van der Waals surface area (Å²) in [6, 6.07) is 7.59. The first-order valence-corrected chi connectivity index (χ1v) is 11.6. The molecule has 4 N–H and O–H groups in total. The fourth-order valence-corrected chi connectivity index (χ4v) is 4.85. The van der Waals surface area contributed by atoms with Crippen molar-refractivity contribution in [3.05, 3.63) is 70.3 Å². The molecule has 3 rings (SSSR count). The molecular weight excluding hydrogens is 442 g/mol. The average molecular weight is 475 g/mol. The number of amides is 1. The highest BCUT2D eigenvalue weighted by Crippen LogP contribution is 2.23. The summed E-state index contributed by atoms with van der Waals surface area (Å²) in [5.41, 5.74) is 2.40. The lowest BCUT2D eigenvalue weighted by atomic mass is 9.87. The molecule has 0 aromatic heterocycles. The van der Waals surface area contributed by atoms with E-state index in [9.17, 15) is 28.6 Å². The monoisotopic (exact) mass is 474 g/mol. The number of piperidine rings is 1. The number of aliphatic hydroxyl groups is 1. The van der Waals surface area contributed by atoms with E-state index in [0.29, 0.717) is 24.0 Å². The highest BCUT2D eigenvalue weighted by molar-refractivity contribution is 5.89. The quantitative estimate of drug-likeness (QED) is 0.446. The second-order valence-corrected chi connectivity index (χ2v) is 9.11. The molecule has 1 aliphatic rings. The number of aromatic carboxylic acids is 1. The van der Waals surface area contributed by atoms with Gasteiger partial charge in [-0.25, -0.2) is 13.6 Å². The van der Waals surface area contributed by atoms with Gasteiger partial charge in [0, 0.05) is 25.1 Å². The third-order valence-electron chi connectivity index (χ3n) is 6.55. The molecule has 1 saturated heterocycles. The first-order chi connectivity index (χ1) is 16.1. The van der Waals surface area contributed by atoms with E-state index in [-0.39, 0.29) is 24.4 Å². The number of nitrogens with one attached hydrogen (secondary N) is 2. The molecule has 1 heterocycles. The normalized spacial score (nSPS) is 19.9. The van der Waals surface area contributed by atoms with Crippen molar-refractivity contribution in [2.75, 3.05) is 0 Å². The largest absolute Gasteiger partial charge is 0.478 e. The Labute approximate surface area is 198 Å². The Kier molecular flexibility index (Phi) is 8.74. The summed E-state index contributed by atoms with van der Waals surface area (Å²) < 4.78 is 27.3. The van der Waals surface area contributed by atoms with Crippen LogP contribution in [0.1, 0.15) is 59.7 Å². The smallest absolute Gasteiger partial charge is 0.335 e. The standard InChI is InChI=1S/C26H32F2N2O4/c1-15-18(5-3-7-22(15)26(33)34)9-10-21-6-4-8-23(30-21)25(32)24(29-16(2)31)13-17-11-19(27)14-20(28)12-17/h3,5,7,11-12,14,21,23-25,30,32H,4,6,8-10,13H2,1-2H3,(H,29,31)(H,33,34). The first kappa shape index (κ1) is 25.8. The maximum atomic E-state index is 13.6. The van der Waals surface area contributed by atoms with Gasteiger partial charge in [0.25, 0.3) is 0 Å². The number of aliphatic hydroxyl groups excluding tert-OH is 1. The van der Waals surface area contributed by atoms with Gasteiger partial charge in [0.1, 0.15) is 11.6 Å². The Bertz CT molecular complexity index is 1010. The van der Waals surface area contributed by atoms with Crippen LogP contribution < -0.4 is 10.6 Å². The molecule has 184 valence electrons. The van der Waals surface area contributed by atoms with Crippen LogP contribution in [-0.4, -0.2) is 46.3 Å². The summed E-state index contributed by atoms with van der Waals surface area (Å²) in [6.07, 6.45) is 3.13. The number of hydrogen-bond acceptors (Lipinski definition) is 4. The van der Waals surface area contributed by atoms with Gasteiger partial charge in [-0.2, -0.15) is 0 Å². The van der Waals surface area contributed by atoms with Crippen LogP contribution in [0.2, 0.25) is 0 Å². The van der Waals surface area contributed by atoms with Crippen LogP contribution in [0, 0.1) is 18.6 Å². The average Bonchev–Trinajstić information content (AvgIpc) is 2.76. The minimum atomic E-state index is -0.949. The molecule has 0 spiro atoms. The molecule has 0 bridgehead atoms. The van der Waals surface area contributed by atoms with Gasteiger partial charge < -0.3 is 20.8 Å².